The highest BCUT2D eigenvalue weighted by Gasteiger charge is 2.26. The lowest BCUT2D eigenvalue weighted by Crippen LogP contribution is -2.12. The van der Waals surface area contributed by atoms with Gasteiger partial charge in [-0.1, -0.05) is 91.0 Å². The summed E-state index contributed by atoms with van der Waals surface area (Å²) in [6.07, 6.45) is 3.73. The molecule has 0 radical (unpaired) electrons. The Kier molecular flexibility index (Phi) is 12.8. The average molecular weight is 823 g/mol. The third-order valence-corrected chi connectivity index (χ3v) is 12.3. The molecule has 5 nitrogen and oxygen atoms in total. The van der Waals surface area contributed by atoms with Crippen LogP contribution in [0, 0.1) is 41.5 Å². The van der Waals surface area contributed by atoms with Crippen molar-refractivity contribution in [1.82, 2.24) is 0 Å². The van der Waals surface area contributed by atoms with E-state index >= 15 is 0 Å². The van der Waals surface area contributed by atoms with Crippen molar-refractivity contribution in [3.8, 4) is 39.5 Å². The van der Waals surface area contributed by atoms with Crippen molar-refractivity contribution in [2.24, 2.45) is 0 Å². The summed E-state index contributed by atoms with van der Waals surface area (Å²) in [5.74, 6) is 1.39. The van der Waals surface area contributed by atoms with Crippen LogP contribution in [0.25, 0.3) is 22.3 Å². The van der Waals surface area contributed by atoms with Crippen LogP contribution in [-0.4, -0.2) is 28.2 Å². The van der Waals surface area contributed by atoms with E-state index in [1.165, 1.54) is 0 Å². The van der Waals surface area contributed by atoms with Crippen molar-refractivity contribution in [3.05, 3.63) is 211 Å². The Morgan fingerprint density at radius 2 is 0.952 bits per heavy atom. The molecule has 1 aliphatic rings. The Bertz CT molecular complexity index is 2720. The maximum atomic E-state index is 10.7. The molecule has 0 saturated heterocycles. The number of allylic oxidation sites excluding steroid dienone is 4. The molecule has 2 atom stereocenters. The van der Waals surface area contributed by atoms with E-state index in [1.807, 2.05) is 72.7 Å². The monoisotopic (exact) mass is 822 g/mol. The van der Waals surface area contributed by atoms with Gasteiger partial charge in [0.05, 0.1) is 0 Å². The van der Waals surface area contributed by atoms with Crippen molar-refractivity contribution < 1.29 is 24.8 Å². The molecule has 0 saturated carbocycles. The van der Waals surface area contributed by atoms with E-state index in [2.05, 4.69) is 124 Å². The first-order valence-corrected chi connectivity index (χ1v) is 21.5. The minimum absolute atomic E-state index is 0.0888. The van der Waals surface area contributed by atoms with Crippen molar-refractivity contribution in [1.29, 1.82) is 0 Å². The Hall–Kier alpha value is -6.52. The zero-order chi connectivity index (χ0) is 44.4. The van der Waals surface area contributed by atoms with E-state index in [-0.39, 0.29) is 29.6 Å². The van der Waals surface area contributed by atoms with Gasteiger partial charge in [0, 0.05) is 24.5 Å². The Balaban J connectivity index is 1.24. The molecule has 0 bridgehead atoms. The van der Waals surface area contributed by atoms with Crippen LogP contribution in [0.1, 0.15) is 101 Å². The molecule has 316 valence electrons. The summed E-state index contributed by atoms with van der Waals surface area (Å²) in [6, 6.07) is 38.2. The number of aryl methyl sites for hydroxylation is 6. The third-order valence-electron chi connectivity index (χ3n) is 12.3. The first-order valence-electron chi connectivity index (χ1n) is 21.5. The smallest absolute Gasteiger partial charge is 0.197 e. The highest BCUT2D eigenvalue weighted by molar-refractivity contribution is 5.74. The van der Waals surface area contributed by atoms with Crippen LogP contribution in [-0.2, 0) is 9.47 Å². The minimum Gasteiger partial charge on any atom is -0.508 e. The number of hydrogen-bond donors (Lipinski definition) is 3. The number of phenols is 3. The van der Waals surface area contributed by atoms with Crippen molar-refractivity contribution in [2.45, 2.75) is 87.4 Å². The second-order valence-corrected chi connectivity index (χ2v) is 16.9. The van der Waals surface area contributed by atoms with E-state index in [1.54, 1.807) is 0 Å². The lowest BCUT2D eigenvalue weighted by Gasteiger charge is -2.25. The van der Waals surface area contributed by atoms with E-state index in [9.17, 15) is 15.3 Å². The molecule has 0 amide bonds. The van der Waals surface area contributed by atoms with Gasteiger partial charge in [0.1, 0.15) is 23.0 Å². The quantitative estimate of drug-likeness (QED) is 0.0651. The Morgan fingerprint density at radius 3 is 1.40 bits per heavy atom. The number of benzene rings is 6. The number of ether oxygens (including phenoxy) is 2. The molecule has 0 heterocycles. The number of aromatic hydroxyl groups is 3. The van der Waals surface area contributed by atoms with E-state index in [0.29, 0.717) is 12.4 Å². The van der Waals surface area contributed by atoms with E-state index in [0.717, 1.165) is 106 Å². The summed E-state index contributed by atoms with van der Waals surface area (Å²) in [5.41, 5.74) is 22.2. The Morgan fingerprint density at radius 1 is 0.516 bits per heavy atom. The fraction of sp³-hybridized carbons (Fsp3) is 0.246. The van der Waals surface area contributed by atoms with E-state index in [4.69, 9.17) is 9.47 Å². The third kappa shape index (κ3) is 9.06. The van der Waals surface area contributed by atoms with Crippen LogP contribution in [0.15, 0.2) is 150 Å². The van der Waals surface area contributed by atoms with Gasteiger partial charge in [0.15, 0.2) is 6.29 Å². The van der Waals surface area contributed by atoms with Crippen LogP contribution in [0.3, 0.4) is 0 Å². The minimum atomic E-state index is -0.385. The summed E-state index contributed by atoms with van der Waals surface area (Å²) >= 11 is 0. The normalized spacial score (nSPS) is 13.8. The number of hydrogen-bond acceptors (Lipinski definition) is 5. The van der Waals surface area contributed by atoms with Gasteiger partial charge in [0.25, 0.3) is 0 Å². The van der Waals surface area contributed by atoms with Crippen LogP contribution in [0.2, 0.25) is 0 Å². The average Bonchev–Trinajstić information content (AvgIpc) is 3.38. The first kappa shape index (κ1) is 43.6. The largest absolute Gasteiger partial charge is 0.508 e. The molecular formula is C57H58O5. The number of rotatable bonds is 12. The molecule has 0 fully saturated rings. The SMILES string of the molecule is CCOC(C)OC1=C(C)C=C(C(c2ccc(-c3cccc(-c4ccc(C(c5cc(C)c(O)cc5C)c5cc(C)c(O)cc5C)cc4)c3)cc2)c2cc(C)c(O)cc2C)C(C)=C=C1. The van der Waals surface area contributed by atoms with Gasteiger partial charge < -0.3 is 24.8 Å². The molecule has 5 heteroatoms. The summed E-state index contributed by atoms with van der Waals surface area (Å²) in [4.78, 5) is 0. The van der Waals surface area contributed by atoms with Crippen molar-refractivity contribution in [2.75, 3.05) is 6.61 Å². The van der Waals surface area contributed by atoms with Gasteiger partial charge in [-0.2, -0.15) is 0 Å². The second-order valence-electron chi connectivity index (χ2n) is 16.9. The van der Waals surface area contributed by atoms with Gasteiger partial charge >= 0.3 is 0 Å². The maximum Gasteiger partial charge on any atom is 0.197 e. The second kappa shape index (κ2) is 18.2. The van der Waals surface area contributed by atoms with Crippen LogP contribution in [0.4, 0.5) is 0 Å². The molecule has 1 aliphatic carbocycles. The van der Waals surface area contributed by atoms with Crippen LogP contribution < -0.4 is 0 Å². The fourth-order valence-electron chi connectivity index (χ4n) is 8.73. The van der Waals surface area contributed by atoms with Crippen LogP contribution >= 0.6 is 0 Å². The summed E-state index contributed by atoms with van der Waals surface area (Å²) < 4.78 is 11.9. The molecule has 6 aromatic carbocycles. The van der Waals surface area contributed by atoms with Gasteiger partial charge in [-0.05, 0) is 194 Å². The van der Waals surface area contributed by atoms with Gasteiger partial charge in [-0.3, -0.25) is 0 Å². The summed E-state index contributed by atoms with van der Waals surface area (Å²) in [5, 5.41) is 31.7. The lowest BCUT2D eigenvalue weighted by molar-refractivity contribution is -0.0961. The highest BCUT2D eigenvalue weighted by atomic mass is 16.7. The molecule has 62 heavy (non-hydrogen) atoms. The molecule has 0 spiro atoms. The first-order chi connectivity index (χ1) is 29.6. The summed E-state index contributed by atoms with van der Waals surface area (Å²) in [7, 11) is 0. The maximum absolute atomic E-state index is 10.7. The zero-order valence-electron chi connectivity index (χ0n) is 37.6. The van der Waals surface area contributed by atoms with Gasteiger partial charge in [-0.15, -0.1) is 5.73 Å². The van der Waals surface area contributed by atoms with Gasteiger partial charge in [-0.25, -0.2) is 0 Å². The van der Waals surface area contributed by atoms with E-state index < -0.39 is 0 Å². The lowest BCUT2D eigenvalue weighted by atomic mass is 9.78. The standard InChI is InChI=1S/C57H58O5/c1-11-61-41(10)62-55-24-15-33(2)48(28-40(55)9)56(49-25-37(6)52(58)29-34(49)3)44-20-16-42(17-21-44)46-13-12-14-47(32-46)43-18-22-45(23-19-43)57(50-26-38(7)53(59)30-35(50)4)51-27-39(8)54(60)31-36(51)5/h12-14,16-32,41,56-60H,11H2,1-10H3. The molecule has 0 aromatic heterocycles. The molecule has 2 unspecified atom stereocenters. The molecule has 6 aromatic rings. The highest BCUT2D eigenvalue weighted by Crippen LogP contribution is 2.43. The zero-order valence-corrected chi connectivity index (χ0v) is 37.6. The van der Waals surface area contributed by atoms with Crippen molar-refractivity contribution >= 4 is 0 Å². The van der Waals surface area contributed by atoms with Crippen LogP contribution in [0.5, 0.6) is 17.2 Å². The topological polar surface area (TPSA) is 79.2 Å². The fourth-order valence-corrected chi connectivity index (χ4v) is 8.73. The Labute approximate surface area is 367 Å². The van der Waals surface area contributed by atoms with Crippen molar-refractivity contribution in [3.63, 3.8) is 0 Å². The predicted molar refractivity (Wildman–Crippen MR) is 253 cm³/mol. The predicted octanol–water partition coefficient (Wildman–Crippen LogP) is 14.0. The molecule has 3 N–H and O–H groups in total. The molecule has 0 aliphatic heterocycles. The number of phenolic OH excluding ortho intramolecular Hbond substituents is 3. The molecule has 7 rings (SSSR count). The summed E-state index contributed by atoms with van der Waals surface area (Å²) in [6.45, 7) is 20.6. The van der Waals surface area contributed by atoms with Gasteiger partial charge in [0.2, 0.25) is 0 Å². The molecular weight excluding hydrogens is 765 g/mol.